The maximum absolute atomic E-state index is 12.7. The van der Waals surface area contributed by atoms with Crippen molar-refractivity contribution in [2.75, 3.05) is 6.61 Å². The Labute approximate surface area is 252 Å². The van der Waals surface area contributed by atoms with Crippen LogP contribution < -0.4 is 15.6 Å². The second-order valence-electron chi connectivity index (χ2n) is 13.8. The van der Waals surface area contributed by atoms with Crippen LogP contribution in [0.25, 0.3) is 0 Å². The number of aliphatic hydroxyl groups excluding tert-OH is 1. The standard InChI is InChI=1S/C38H44O3Si/c1-27-32-19-18-31-33-20-21-36(37(33,2)24-22-34(31)38(32,26-39)25-23-35(27)40)41-42(28-12-6-3-7-13-28,29-14-8-4-9-15-29)30-16-10-5-11-17-30/h3-17,31,33-34,36,39H,18-26H2,1-2H3/t31-,33-,34-,36-,37-,38+/m0/s1. The van der Waals surface area contributed by atoms with Crippen molar-refractivity contribution in [1.29, 1.82) is 0 Å². The molecule has 4 aliphatic carbocycles. The number of benzene rings is 3. The van der Waals surface area contributed by atoms with Gasteiger partial charge in [-0.15, -0.1) is 0 Å². The van der Waals surface area contributed by atoms with Crippen LogP contribution in [0, 0.1) is 28.6 Å². The second kappa shape index (κ2) is 10.7. The Morgan fingerprint density at radius 3 is 1.88 bits per heavy atom. The van der Waals surface area contributed by atoms with E-state index in [1.165, 1.54) is 27.6 Å². The minimum absolute atomic E-state index is 0.0924. The molecule has 0 radical (unpaired) electrons. The molecule has 3 nitrogen and oxygen atoms in total. The maximum atomic E-state index is 12.7. The monoisotopic (exact) mass is 576 g/mol. The number of ketones is 1. The summed E-state index contributed by atoms with van der Waals surface area (Å²) in [6, 6.07) is 33.0. The van der Waals surface area contributed by atoms with Gasteiger partial charge in [0.05, 0.1) is 12.7 Å². The highest BCUT2D eigenvalue weighted by Crippen LogP contribution is 2.66. The molecule has 3 aromatic carbocycles. The molecule has 3 fully saturated rings. The highest BCUT2D eigenvalue weighted by atomic mass is 28.4. The van der Waals surface area contributed by atoms with E-state index in [4.69, 9.17) is 4.43 Å². The van der Waals surface area contributed by atoms with Gasteiger partial charge in [0.25, 0.3) is 8.32 Å². The third-order valence-corrected chi connectivity index (χ3v) is 16.3. The summed E-state index contributed by atoms with van der Waals surface area (Å²) in [7, 11) is -2.81. The molecule has 0 spiro atoms. The lowest BCUT2D eigenvalue weighted by molar-refractivity contribution is -0.121. The van der Waals surface area contributed by atoms with Gasteiger partial charge in [-0.3, -0.25) is 4.79 Å². The molecule has 6 atom stereocenters. The average Bonchev–Trinajstić information content (AvgIpc) is 3.38. The van der Waals surface area contributed by atoms with E-state index in [0.717, 1.165) is 44.1 Å². The summed E-state index contributed by atoms with van der Waals surface area (Å²) in [6.07, 6.45) is 8.19. The van der Waals surface area contributed by atoms with Crippen molar-refractivity contribution in [1.82, 2.24) is 0 Å². The largest absolute Gasteiger partial charge is 0.401 e. The molecule has 0 aliphatic heterocycles. The molecule has 0 saturated heterocycles. The van der Waals surface area contributed by atoms with Crippen molar-refractivity contribution in [3.63, 3.8) is 0 Å². The van der Waals surface area contributed by atoms with Gasteiger partial charge in [0.1, 0.15) is 0 Å². The Morgan fingerprint density at radius 1 is 0.762 bits per heavy atom. The first kappa shape index (κ1) is 28.0. The first-order valence-electron chi connectivity index (χ1n) is 16.1. The summed E-state index contributed by atoms with van der Waals surface area (Å²) in [6.45, 7) is 4.73. The lowest BCUT2D eigenvalue weighted by Crippen LogP contribution is -2.71. The lowest BCUT2D eigenvalue weighted by atomic mass is 9.46. The Hall–Kier alpha value is -2.79. The van der Waals surface area contributed by atoms with Crippen molar-refractivity contribution in [3.8, 4) is 0 Å². The molecule has 3 aromatic rings. The normalized spacial score (nSPS) is 32.7. The summed E-state index contributed by atoms with van der Waals surface area (Å²) >= 11 is 0. The van der Waals surface area contributed by atoms with Crippen molar-refractivity contribution < 1.29 is 14.3 Å². The van der Waals surface area contributed by atoms with Gasteiger partial charge in [-0.25, -0.2) is 0 Å². The summed E-state index contributed by atoms with van der Waals surface area (Å²) in [5.41, 5.74) is 2.15. The van der Waals surface area contributed by atoms with Gasteiger partial charge in [-0.2, -0.15) is 0 Å². The molecule has 4 aliphatic rings. The third kappa shape index (κ3) is 4.09. The van der Waals surface area contributed by atoms with Crippen molar-refractivity contribution in [2.24, 2.45) is 28.6 Å². The molecule has 0 unspecified atom stereocenters. The fraction of sp³-hybridized carbons (Fsp3) is 0.447. The van der Waals surface area contributed by atoms with E-state index in [1.54, 1.807) is 0 Å². The zero-order valence-corrected chi connectivity index (χ0v) is 26.1. The smallest absolute Gasteiger partial charge is 0.288 e. The number of fused-ring (bicyclic) bond motifs is 5. The number of hydrogen-bond donors (Lipinski definition) is 1. The zero-order chi connectivity index (χ0) is 29.0. The molecule has 7 rings (SSSR count). The Kier molecular flexibility index (Phi) is 7.16. The van der Waals surface area contributed by atoms with Crippen LogP contribution in [0.4, 0.5) is 0 Å². The number of carbonyl (C=O) groups excluding carboxylic acids is 1. The van der Waals surface area contributed by atoms with E-state index in [0.29, 0.717) is 30.0 Å². The van der Waals surface area contributed by atoms with Gasteiger partial charge in [0.15, 0.2) is 5.78 Å². The van der Waals surface area contributed by atoms with E-state index in [9.17, 15) is 9.90 Å². The molecule has 0 heterocycles. The number of Topliss-reactive ketones (excluding diaryl/α,β-unsaturated/α-hetero) is 1. The zero-order valence-electron chi connectivity index (χ0n) is 25.1. The van der Waals surface area contributed by atoms with Gasteiger partial charge in [-0.05, 0) is 96.2 Å². The Bertz CT molecular complexity index is 1370. The van der Waals surface area contributed by atoms with Crippen LogP contribution in [-0.2, 0) is 9.22 Å². The summed E-state index contributed by atoms with van der Waals surface area (Å²) in [5.74, 6) is 1.92. The van der Waals surface area contributed by atoms with E-state index < -0.39 is 8.32 Å². The molecule has 42 heavy (non-hydrogen) atoms. The van der Waals surface area contributed by atoms with Gasteiger partial charge in [0.2, 0.25) is 0 Å². The van der Waals surface area contributed by atoms with Gasteiger partial charge in [0, 0.05) is 11.8 Å². The topological polar surface area (TPSA) is 46.5 Å². The van der Waals surface area contributed by atoms with Crippen LogP contribution >= 0.6 is 0 Å². The second-order valence-corrected chi connectivity index (χ2v) is 17.1. The van der Waals surface area contributed by atoms with E-state index >= 15 is 0 Å². The average molecular weight is 577 g/mol. The fourth-order valence-corrected chi connectivity index (χ4v) is 14.3. The highest BCUT2D eigenvalue weighted by molar-refractivity contribution is 7.07. The molecule has 218 valence electrons. The molecular formula is C38H44O3Si. The van der Waals surface area contributed by atoms with Crippen LogP contribution in [-0.4, -0.2) is 31.9 Å². The molecule has 4 heteroatoms. The molecule has 0 amide bonds. The summed E-state index contributed by atoms with van der Waals surface area (Å²) in [4.78, 5) is 12.7. The maximum Gasteiger partial charge on any atom is 0.288 e. The van der Waals surface area contributed by atoms with Crippen LogP contribution in [0.15, 0.2) is 102 Å². The lowest BCUT2D eigenvalue weighted by Gasteiger charge is -2.59. The first-order chi connectivity index (χ1) is 20.4. The quantitative estimate of drug-likeness (QED) is 0.292. The van der Waals surface area contributed by atoms with Crippen LogP contribution in [0.5, 0.6) is 0 Å². The number of aliphatic hydroxyl groups is 1. The number of rotatable bonds is 6. The first-order valence-corrected chi connectivity index (χ1v) is 18.0. The van der Waals surface area contributed by atoms with Crippen molar-refractivity contribution >= 4 is 29.7 Å². The Morgan fingerprint density at radius 2 is 1.33 bits per heavy atom. The molecule has 0 bridgehead atoms. The van der Waals surface area contributed by atoms with E-state index in [2.05, 4.69) is 97.9 Å². The number of carbonyl (C=O) groups is 1. The minimum atomic E-state index is -2.81. The summed E-state index contributed by atoms with van der Waals surface area (Å²) in [5, 5.41) is 14.9. The Balaban J connectivity index is 1.29. The fourth-order valence-electron chi connectivity index (χ4n) is 10.1. The van der Waals surface area contributed by atoms with E-state index in [1.807, 2.05) is 6.92 Å². The molecular weight excluding hydrogens is 533 g/mol. The van der Waals surface area contributed by atoms with Crippen molar-refractivity contribution in [3.05, 3.63) is 102 Å². The van der Waals surface area contributed by atoms with Gasteiger partial charge in [-0.1, -0.05) is 103 Å². The number of hydrogen-bond acceptors (Lipinski definition) is 3. The van der Waals surface area contributed by atoms with Gasteiger partial charge < -0.3 is 9.53 Å². The molecule has 1 N–H and O–H groups in total. The van der Waals surface area contributed by atoms with Crippen LogP contribution in [0.2, 0.25) is 0 Å². The highest BCUT2D eigenvalue weighted by Gasteiger charge is 2.62. The van der Waals surface area contributed by atoms with Crippen molar-refractivity contribution in [2.45, 2.75) is 71.3 Å². The van der Waals surface area contributed by atoms with Crippen LogP contribution in [0.3, 0.4) is 0 Å². The van der Waals surface area contributed by atoms with Crippen LogP contribution in [0.1, 0.15) is 65.2 Å². The van der Waals surface area contributed by atoms with E-state index in [-0.39, 0.29) is 23.5 Å². The molecule has 3 saturated carbocycles. The third-order valence-electron chi connectivity index (χ3n) is 12.2. The summed E-state index contributed by atoms with van der Waals surface area (Å²) < 4.78 is 7.83. The predicted octanol–water partition coefficient (Wildman–Crippen LogP) is 5.93. The minimum Gasteiger partial charge on any atom is -0.401 e. The van der Waals surface area contributed by atoms with Gasteiger partial charge >= 0.3 is 0 Å². The predicted molar refractivity (Wildman–Crippen MR) is 172 cm³/mol. The SMILES string of the molecule is CC1=C2CC[C@@H]3[C@H](CC[C@]4(C)[C@@H](O[Si](c5ccccc5)(c5ccccc5)c5ccccc5)CC[C@@H]34)[C@@]2(CO)CCC1=O. The molecule has 0 aromatic heterocycles.